The van der Waals surface area contributed by atoms with Crippen LogP contribution in [0.3, 0.4) is 0 Å². The number of benzene rings is 3. The molecule has 1 aromatic heterocycles. The maximum Gasteiger partial charge on any atom is 0.341 e. The van der Waals surface area contributed by atoms with Gasteiger partial charge in [-0.2, -0.15) is 0 Å². The summed E-state index contributed by atoms with van der Waals surface area (Å²) in [6, 6.07) is 21.3. The van der Waals surface area contributed by atoms with Crippen LogP contribution in [0.25, 0.3) is 10.1 Å². The Morgan fingerprint density at radius 2 is 1.88 bits per heavy atom. The van der Waals surface area contributed by atoms with Crippen LogP contribution in [-0.4, -0.2) is 23.7 Å². The molecule has 0 aliphatic heterocycles. The maximum atomic E-state index is 12.5. The quantitative estimate of drug-likeness (QED) is 0.133. The number of carbonyl (C=O) groups is 1. The second kappa shape index (κ2) is 10.1. The second-order valence-electron chi connectivity index (χ2n) is 7.04. The molecule has 0 amide bonds. The van der Waals surface area contributed by atoms with Gasteiger partial charge in [0, 0.05) is 28.4 Å². The van der Waals surface area contributed by atoms with Crippen LogP contribution in [-0.2, 0) is 11.3 Å². The lowest BCUT2D eigenvalue weighted by atomic mass is 10.1. The zero-order chi connectivity index (χ0) is 23.2. The van der Waals surface area contributed by atoms with Crippen LogP contribution < -0.4 is 4.74 Å². The molecule has 0 bridgehead atoms. The second-order valence-corrected chi connectivity index (χ2v) is 8.07. The number of nitrogens with zero attached hydrogens (tertiary/aromatic N) is 2. The standard InChI is InChI=1S/C25H20N2O5S/c1-2-31-25(28)23-21-8-3-4-9-22(21)33-24(23)26-15-18-6-5-7-20(14-18)32-16-17-10-12-19(13-11-17)27(29)30/h3-15H,2,16H2,1H3. The summed E-state index contributed by atoms with van der Waals surface area (Å²) in [5, 5.41) is 12.2. The van der Waals surface area contributed by atoms with Gasteiger partial charge in [-0.25, -0.2) is 9.79 Å². The van der Waals surface area contributed by atoms with Crippen LogP contribution in [0.5, 0.6) is 5.75 Å². The first-order valence-electron chi connectivity index (χ1n) is 10.2. The van der Waals surface area contributed by atoms with Gasteiger partial charge < -0.3 is 9.47 Å². The van der Waals surface area contributed by atoms with E-state index in [0.29, 0.717) is 22.9 Å². The number of carbonyl (C=O) groups excluding carboxylic acids is 1. The summed E-state index contributed by atoms with van der Waals surface area (Å²) in [6.07, 6.45) is 1.69. The summed E-state index contributed by atoms with van der Waals surface area (Å²) in [6.45, 7) is 2.35. The molecule has 0 fully saturated rings. The molecule has 0 aliphatic rings. The van der Waals surface area contributed by atoms with E-state index in [9.17, 15) is 14.9 Å². The number of thiophene rings is 1. The fraction of sp³-hybridized carbons (Fsp3) is 0.120. The first-order valence-corrected chi connectivity index (χ1v) is 11.1. The third-order valence-electron chi connectivity index (χ3n) is 4.80. The molecule has 1 heterocycles. The summed E-state index contributed by atoms with van der Waals surface area (Å²) >= 11 is 1.43. The molecule has 0 N–H and O–H groups in total. The normalized spacial score (nSPS) is 11.1. The van der Waals surface area contributed by atoms with Crippen molar-refractivity contribution in [2.45, 2.75) is 13.5 Å². The smallest absolute Gasteiger partial charge is 0.341 e. The Kier molecular flexibility index (Phi) is 6.75. The van der Waals surface area contributed by atoms with Crippen molar-refractivity contribution in [1.82, 2.24) is 0 Å². The fourth-order valence-electron chi connectivity index (χ4n) is 3.22. The zero-order valence-corrected chi connectivity index (χ0v) is 18.6. The van der Waals surface area contributed by atoms with Crippen molar-refractivity contribution in [2.24, 2.45) is 4.99 Å². The minimum atomic E-state index is -0.433. The van der Waals surface area contributed by atoms with Gasteiger partial charge in [0.25, 0.3) is 5.69 Å². The molecular weight excluding hydrogens is 440 g/mol. The number of fused-ring (bicyclic) bond motifs is 1. The first kappa shape index (κ1) is 22.2. The number of nitro benzene ring substituents is 1. The highest BCUT2D eigenvalue weighted by atomic mass is 32.1. The van der Waals surface area contributed by atoms with Crippen LogP contribution in [0.15, 0.2) is 77.8 Å². The molecule has 0 saturated carbocycles. The largest absolute Gasteiger partial charge is 0.489 e. The fourth-order valence-corrected chi connectivity index (χ4v) is 4.26. The van der Waals surface area contributed by atoms with E-state index in [0.717, 1.165) is 21.2 Å². The Bertz CT molecular complexity index is 1330. The van der Waals surface area contributed by atoms with Crippen LogP contribution >= 0.6 is 11.3 Å². The molecule has 0 saturated heterocycles. The number of rotatable bonds is 8. The third kappa shape index (κ3) is 5.24. The van der Waals surface area contributed by atoms with Gasteiger partial charge in [-0.3, -0.25) is 10.1 Å². The number of ether oxygens (including phenoxy) is 2. The van der Waals surface area contributed by atoms with E-state index < -0.39 is 4.92 Å². The highest BCUT2D eigenvalue weighted by molar-refractivity contribution is 7.23. The van der Waals surface area contributed by atoms with Crippen LogP contribution in [0.4, 0.5) is 10.7 Å². The van der Waals surface area contributed by atoms with Crippen LogP contribution in [0, 0.1) is 10.1 Å². The summed E-state index contributed by atoms with van der Waals surface area (Å²) in [5.74, 6) is 0.251. The average Bonchev–Trinajstić information content (AvgIpc) is 3.20. The topological polar surface area (TPSA) is 91.0 Å². The number of esters is 1. The maximum absolute atomic E-state index is 12.5. The molecule has 0 aliphatic carbocycles. The molecular formula is C25H20N2O5S. The number of non-ortho nitro benzene ring substituents is 1. The lowest BCUT2D eigenvalue weighted by Gasteiger charge is -2.07. The monoisotopic (exact) mass is 460 g/mol. The van der Waals surface area contributed by atoms with Crippen molar-refractivity contribution in [1.29, 1.82) is 0 Å². The number of nitro groups is 1. The molecule has 8 heteroatoms. The van der Waals surface area contributed by atoms with Crippen molar-refractivity contribution < 1.29 is 19.2 Å². The Morgan fingerprint density at radius 1 is 1.09 bits per heavy atom. The molecule has 4 aromatic rings. The van der Waals surface area contributed by atoms with Gasteiger partial charge in [-0.05, 0) is 48.4 Å². The molecule has 4 rings (SSSR count). The number of aliphatic imine (C=N–C) groups is 1. The predicted octanol–water partition coefficient (Wildman–Crippen LogP) is 6.32. The summed E-state index contributed by atoms with van der Waals surface area (Å²) in [7, 11) is 0. The Balaban J connectivity index is 1.52. The summed E-state index contributed by atoms with van der Waals surface area (Å²) < 4.78 is 12.0. The molecule has 0 atom stereocenters. The minimum absolute atomic E-state index is 0.0420. The molecule has 33 heavy (non-hydrogen) atoms. The van der Waals surface area contributed by atoms with Gasteiger partial charge in [0.15, 0.2) is 0 Å². The van der Waals surface area contributed by atoms with Gasteiger partial charge >= 0.3 is 5.97 Å². The van der Waals surface area contributed by atoms with E-state index in [2.05, 4.69) is 4.99 Å². The van der Waals surface area contributed by atoms with E-state index in [1.807, 2.05) is 48.5 Å². The van der Waals surface area contributed by atoms with E-state index in [4.69, 9.17) is 9.47 Å². The van der Waals surface area contributed by atoms with E-state index in [1.165, 1.54) is 23.5 Å². The van der Waals surface area contributed by atoms with Crippen molar-refractivity contribution in [3.63, 3.8) is 0 Å². The summed E-state index contributed by atoms with van der Waals surface area (Å²) in [5.41, 5.74) is 2.15. The van der Waals surface area contributed by atoms with Gasteiger partial charge in [0.05, 0.1) is 11.5 Å². The minimum Gasteiger partial charge on any atom is -0.489 e. The van der Waals surface area contributed by atoms with Gasteiger partial charge in [-0.15, -0.1) is 11.3 Å². The van der Waals surface area contributed by atoms with E-state index in [1.54, 1.807) is 25.3 Å². The molecule has 0 spiro atoms. The molecule has 0 radical (unpaired) electrons. The molecule has 7 nitrogen and oxygen atoms in total. The summed E-state index contributed by atoms with van der Waals surface area (Å²) in [4.78, 5) is 27.5. The predicted molar refractivity (Wildman–Crippen MR) is 129 cm³/mol. The Hall–Kier alpha value is -4.04. The van der Waals surface area contributed by atoms with E-state index in [-0.39, 0.29) is 18.3 Å². The Morgan fingerprint density at radius 3 is 2.64 bits per heavy atom. The van der Waals surface area contributed by atoms with Crippen molar-refractivity contribution in [3.05, 3.63) is 99.6 Å². The van der Waals surface area contributed by atoms with E-state index >= 15 is 0 Å². The van der Waals surface area contributed by atoms with Gasteiger partial charge in [0.2, 0.25) is 0 Å². The number of hydrogen-bond acceptors (Lipinski definition) is 7. The lowest BCUT2D eigenvalue weighted by molar-refractivity contribution is -0.384. The van der Waals surface area contributed by atoms with Crippen molar-refractivity contribution in [3.8, 4) is 5.75 Å². The highest BCUT2D eigenvalue weighted by Gasteiger charge is 2.19. The SMILES string of the molecule is CCOC(=O)c1c(N=Cc2cccc(OCc3ccc([N+](=O)[O-])cc3)c2)sc2ccccc12. The van der Waals surface area contributed by atoms with Gasteiger partial charge in [0.1, 0.15) is 22.9 Å². The van der Waals surface area contributed by atoms with Crippen LogP contribution in [0.2, 0.25) is 0 Å². The van der Waals surface area contributed by atoms with Crippen LogP contribution in [0.1, 0.15) is 28.4 Å². The average molecular weight is 461 g/mol. The first-order chi connectivity index (χ1) is 16.0. The third-order valence-corrected chi connectivity index (χ3v) is 5.88. The van der Waals surface area contributed by atoms with Crippen molar-refractivity contribution in [2.75, 3.05) is 6.61 Å². The molecule has 3 aromatic carbocycles. The number of hydrogen-bond donors (Lipinski definition) is 0. The lowest BCUT2D eigenvalue weighted by Crippen LogP contribution is -2.03. The molecule has 0 unspecified atom stereocenters. The van der Waals surface area contributed by atoms with Crippen molar-refractivity contribution >= 4 is 44.3 Å². The highest BCUT2D eigenvalue weighted by Crippen LogP contribution is 2.38. The Labute approximate surface area is 194 Å². The van der Waals surface area contributed by atoms with Gasteiger partial charge in [-0.1, -0.05) is 30.3 Å². The zero-order valence-electron chi connectivity index (χ0n) is 17.8. The molecule has 166 valence electrons.